The molecule has 0 saturated carbocycles. The third-order valence-electron chi connectivity index (χ3n) is 2.47. The zero-order valence-corrected chi connectivity index (χ0v) is 11.9. The molecule has 0 aliphatic carbocycles. The summed E-state index contributed by atoms with van der Waals surface area (Å²) in [4.78, 5) is 12.2. The molecule has 0 aromatic heterocycles. The third-order valence-corrected chi connectivity index (χ3v) is 2.47. The first-order chi connectivity index (χ1) is 7.05. The molecule has 0 radical (unpaired) electrons. The molecule has 1 unspecified atom stereocenters. The average molecular weight is 224 g/mol. The molecule has 0 amide bonds. The van der Waals surface area contributed by atoms with Crippen molar-refractivity contribution in [1.29, 1.82) is 0 Å². The Morgan fingerprint density at radius 3 is 1.94 bits per heavy atom. The van der Waals surface area contributed by atoms with Gasteiger partial charge in [-0.3, -0.25) is 4.79 Å². The summed E-state index contributed by atoms with van der Waals surface area (Å²) in [5, 5.41) is 0. The van der Waals surface area contributed by atoms with Gasteiger partial charge in [0.15, 0.2) is 0 Å². The van der Waals surface area contributed by atoms with Crippen LogP contribution in [-0.4, -0.2) is 5.78 Å². The van der Waals surface area contributed by atoms with E-state index >= 15 is 0 Å². The van der Waals surface area contributed by atoms with Crippen LogP contribution in [0.5, 0.6) is 0 Å². The number of carbonyl (C=O) groups excluding carboxylic acids is 1. The molecular weight excluding hydrogens is 196 g/mol. The van der Waals surface area contributed by atoms with Crippen LogP contribution < -0.4 is 0 Å². The van der Waals surface area contributed by atoms with Crippen LogP contribution in [0.2, 0.25) is 0 Å². The summed E-state index contributed by atoms with van der Waals surface area (Å²) in [7, 11) is 0. The fourth-order valence-electron chi connectivity index (χ4n) is 1.94. The largest absolute Gasteiger partial charge is 0.299 e. The van der Waals surface area contributed by atoms with E-state index in [-0.39, 0.29) is 16.7 Å². The van der Waals surface area contributed by atoms with Crippen LogP contribution in [0, 0.1) is 16.7 Å². The molecule has 0 aliphatic heterocycles. The Morgan fingerprint density at radius 2 is 1.62 bits per heavy atom. The molecule has 0 bridgehead atoms. The molecule has 1 nitrogen and oxygen atoms in total. The number of rotatable bonds is 5. The fourth-order valence-corrected chi connectivity index (χ4v) is 1.94. The number of hydrogen-bond acceptors (Lipinski definition) is 1. The van der Waals surface area contributed by atoms with Crippen molar-refractivity contribution in [1.82, 2.24) is 0 Å². The van der Waals surface area contributed by atoms with Crippen LogP contribution in [0.15, 0.2) is 12.7 Å². The Kier molecular flexibility index (Phi) is 5.44. The van der Waals surface area contributed by atoms with Crippen LogP contribution in [0.25, 0.3) is 0 Å². The second-order valence-electron chi connectivity index (χ2n) is 7.19. The highest BCUT2D eigenvalue weighted by molar-refractivity contribution is 5.81. The number of allylic oxidation sites excluding steroid dienone is 1. The topological polar surface area (TPSA) is 17.1 Å². The lowest BCUT2D eigenvalue weighted by Crippen LogP contribution is -2.24. The molecular formula is C15H28O. The van der Waals surface area contributed by atoms with Crippen molar-refractivity contribution in [3.05, 3.63) is 12.7 Å². The normalized spacial score (nSPS) is 14.6. The number of ketones is 1. The number of hydrogen-bond donors (Lipinski definition) is 0. The Labute approximate surface area is 101 Å². The first-order valence-corrected chi connectivity index (χ1v) is 6.19. The van der Waals surface area contributed by atoms with E-state index in [2.05, 4.69) is 48.1 Å². The minimum absolute atomic E-state index is 0.0917. The summed E-state index contributed by atoms with van der Waals surface area (Å²) >= 11 is 0. The van der Waals surface area contributed by atoms with Gasteiger partial charge in [0.05, 0.1) is 0 Å². The van der Waals surface area contributed by atoms with Gasteiger partial charge in [-0.25, -0.2) is 0 Å². The van der Waals surface area contributed by atoms with Crippen LogP contribution in [0.4, 0.5) is 0 Å². The molecule has 1 atom stereocenters. The Balaban J connectivity index is 4.53. The summed E-state index contributed by atoms with van der Waals surface area (Å²) in [5.74, 6) is 0.541. The van der Waals surface area contributed by atoms with Gasteiger partial charge in [-0.05, 0) is 23.7 Å². The van der Waals surface area contributed by atoms with Gasteiger partial charge < -0.3 is 0 Å². The second kappa shape index (κ2) is 5.65. The third kappa shape index (κ3) is 7.67. The predicted octanol–water partition coefficient (Wildman–Crippen LogP) is 4.62. The quantitative estimate of drug-likeness (QED) is 0.623. The minimum atomic E-state index is 0.0917. The predicted molar refractivity (Wildman–Crippen MR) is 71.5 cm³/mol. The highest BCUT2D eigenvalue weighted by Gasteiger charge is 2.26. The molecule has 0 rings (SSSR count). The number of carbonyl (C=O) groups is 1. The van der Waals surface area contributed by atoms with Gasteiger partial charge in [-0.15, -0.1) is 6.58 Å². The average Bonchev–Trinajstić information content (AvgIpc) is 1.97. The molecule has 0 N–H and O–H groups in total. The lowest BCUT2D eigenvalue weighted by atomic mass is 9.77. The maximum atomic E-state index is 12.2. The van der Waals surface area contributed by atoms with Crippen molar-refractivity contribution in [2.24, 2.45) is 16.7 Å². The van der Waals surface area contributed by atoms with Gasteiger partial charge in [-0.1, -0.05) is 47.6 Å². The van der Waals surface area contributed by atoms with Gasteiger partial charge >= 0.3 is 0 Å². The summed E-state index contributed by atoms with van der Waals surface area (Å²) in [6.45, 7) is 16.7. The van der Waals surface area contributed by atoms with Crippen LogP contribution >= 0.6 is 0 Å². The van der Waals surface area contributed by atoms with Gasteiger partial charge in [-0.2, -0.15) is 0 Å². The fraction of sp³-hybridized carbons (Fsp3) is 0.800. The Morgan fingerprint density at radius 1 is 1.12 bits per heavy atom. The van der Waals surface area contributed by atoms with Crippen molar-refractivity contribution < 1.29 is 4.79 Å². The van der Waals surface area contributed by atoms with Gasteiger partial charge in [0.1, 0.15) is 5.78 Å². The highest BCUT2D eigenvalue weighted by Crippen LogP contribution is 2.30. The van der Waals surface area contributed by atoms with Crippen molar-refractivity contribution in [2.75, 3.05) is 0 Å². The number of Topliss-reactive ketones (excluding diaryl/α,β-unsaturated/α-hetero) is 1. The molecule has 0 aliphatic rings. The van der Waals surface area contributed by atoms with Crippen molar-refractivity contribution in [3.8, 4) is 0 Å². The molecule has 0 fully saturated rings. The second-order valence-corrected chi connectivity index (χ2v) is 7.19. The van der Waals surface area contributed by atoms with E-state index in [4.69, 9.17) is 0 Å². The van der Waals surface area contributed by atoms with Crippen LogP contribution in [0.1, 0.15) is 60.8 Å². The summed E-state index contributed by atoms with van der Waals surface area (Å²) < 4.78 is 0. The standard InChI is InChI=1S/C15H28O/c1-8-9-12(10-14(2,3)4)13(16)11-15(5,6)7/h8,12H,1,9-11H2,2-7H3. The summed E-state index contributed by atoms with van der Waals surface area (Å²) in [5.41, 5.74) is 0.301. The first-order valence-electron chi connectivity index (χ1n) is 6.19. The van der Waals surface area contributed by atoms with Crippen molar-refractivity contribution in [2.45, 2.75) is 60.8 Å². The van der Waals surface area contributed by atoms with E-state index in [1.165, 1.54) is 0 Å². The van der Waals surface area contributed by atoms with Crippen molar-refractivity contribution >= 4 is 5.78 Å². The van der Waals surface area contributed by atoms with E-state index in [0.29, 0.717) is 12.2 Å². The van der Waals surface area contributed by atoms with Gasteiger partial charge in [0, 0.05) is 12.3 Å². The molecule has 1 heteroatoms. The highest BCUT2D eigenvalue weighted by atomic mass is 16.1. The zero-order valence-electron chi connectivity index (χ0n) is 11.9. The molecule has 16 heavy (non-hydrogen) atoms. The maximum absolute atomic E-state index is 12.2. The van der Waals surface area contributed by atoms with Gasteiger partial charge in [0.2, 0.25) is 0 Å². The molecule has 94 valence electrons. The van der Waals surface area contributed by atoms with E-state index in [1.807, 2.05) is 6.08 Å². The lowest BCUT2D eigenvalue weighted by molar-refractivity contribution is -0.125. The van der Waals surface area contributed by atoms with Gasteiger partial charge in [0.25, 0.3) is 0 Å². The lowest BCUT2D eigenvalue weighted by Gasteiger charge is -2.27. The molecule has 0 heterocycles. The first kappa shape index (κ1) is 15.4. The molecule has 0 aromatic rings. The van der Waals surface area contributed by atoms with Crippen molar-refractivity contribution in [3.63, 3.8) is 0 Å². The SMILES string of the molecule is C=CCC(CC(C)(C)C)C(=O)CC(C)(C)C. The van der Waals surface area contributed by atoms with E-state index in [1.54, 1.807) is 0 Å². The Hall–Kier alpha value is -0.590. The summed E-state index contributed by atoms with van der Waals surface area (Å²) in [6, 6.07) is 0. The van der Waals surface area contributed by atoms with Crippen LogP contribution in [0.3, 0.4) is 0 Å². The molecule has 0 saturated heterocycles. The maximum Gasteiger partial charge on any atom is 0.136 e. The molecule has 0 spiro atoms. The van der Waals surface area contributed by atoms with E-state index < -0.39 is 0 Å². The zero-order chi connectivity index (χ0) is 13.0. The van der Waals surface area contributed by atoms with E-state index in [9.17, 15) is 4.79 Å². The summed E-state index contributed by atoms with van der Waals surface area (Å²) in [6.07, 6.45) is 4.30. The van der Waals surface area contributed by atoms with Crippen LogP contribution in [-0.2, 0) is 4.79 Å². The minimum Gasteiger partial charge on any atom is -0.299 e. The van der Waals surface area contributed by atoms with E-state index in [0.717, 1.165) is 12.8 Å². The monoisotopic (exact) mass is 224 g/mol. The smallest absolute Gasteiger partial charge is 0.136 e. The Bertz CT molecular complexity index is 237. The molecule has 0 aromatic carbocycles.